The number of ether oxygens (including phenoxy) is 2. The predicted molar refractivity (Wildman–Crippen MR) is 99.0 cm³/mol. The SMILES string of the molecule is COc1cc2c(cc1OC)[C@@H](NC(=O)c1oc3ccccc3c1C)CC2. The molecule has 26 heavy (non-hydrogen) atoms. The molecule has 4 rings (SSSR count). The van der Waals surface area contributed by atoms with Crippen molar-refractivity contribution in [1.82, 2.24) is 5.32 Å². The molecule has 0 fully saturated rings. The maximum Gasteiger partial charge on any atom is 0.287 e. The lowest BCUT2D eigenvalue weighted by Gasteiger charge is -2.16. The number of carbonyl (C=O) groups is 1. The van der Waals surface area contributed by atoms with Crippen LogP contribution < -0.4 is 14.8 Å². The number of hydrogen-bond acceptors (Lipinski definition) is 4. The van der Waals surface area contributed by atoms with E-state index in [1.54, 1.807) is 14.2 Å². The summed E-state index contributed by atoms with van der Waals surface area (Å²) in [5.74, 6) is 1.57. The van der Waals surface area contributed by atoms with Crippen molar-refractivity contribution in [2.75, 3.05) is 14.2 Å². The normalized spacial score (nSPS) is 15.7. The van der Waals surface area contributed by atoms with Gasteiger partial charge < -0.3 is 19.2 Å². The Morgan fingerprint density at radius 3 is 2.62 bits per heavy atom. The first-order valence-electron chi connectivity index (χ1n) is 8.66. The van der Waals surface area contributed by atoms with E-state index in [1.165, 1.54) is 5.56 Å². The second kappa shape index (κ2) is 6.41. The van der Waals surface area contributed by atoms with Crippen LogP contribution in [0.5, 0.6) is 11.5 Å². The molecule has 0 saturated heterocycles. The van der Waals surface area contributed by atoms with Gasteiger partial charge in [0.1, 0.15) is 5.58 Å². The summed E-state index contributed by atoms with van der Waals surface area (Å²) in [5, 5.41) is 4.08. The lowest BCUT2D eigenvalue weighted by atomic mass is 10.1. The highest BCUT2D eigenvalue weighted by Gasteiger charge is 2.28. The minimum atomic E-state index is -0.189. The van der Waals surface area contributed by atoms with E-state index >= 15 is 0 Å². The van der Waals surface area contributed by atoms with E-state index < -0.39 is 0 Å². The van der Waals surface area contributed by atoms with Gasteiger partial charge in [-0.3, -0.25) is 4.79 Å². The highest BCUT2D eigenvalue weighted by atomic mass is 16.5. The summed E-state index contributed by atoms with van der Waals surface area (Å²) in [5.41, 5.74) is 3.84. The lowest BCUT2D eigenvalue weighted by Crippen LogP contribution is -2.27. The predicted octanol–water partition coefficient (Wildman–Crippen LogP) is 4.18. The Labute approximate surface area is 151 Å². The van der Waals surface area contributed by atoms with Gasteiger partial charge in [-0.2, -0.15) is 0 Å². The third-order valence-corrected chi connectivity index (χ3v) is 5.08. The smallest absolute Gasteiger partial charge is 0.287 e. The van der Waals surface area contributed by atoms with Crippen LogP contribution in [-0.2, 0) is 6.42 Å². The lowest BCUT2D eigenvalue weighted by molar-refractivity contribution is 0.0910. The minimum Gasteiger partial charge on any atom is -0.493 e. The largest absolute Gasteiger partial charge is 0.493 e. The van der Waals surface area contributed by atoms with Gasteiger partial charge in [-0.15, -0.1) is 0 Å². The number of furan rings is 1. The summed E-state index contributed by atoms with van der Waals surface area (Å²) in [7, 11) is 3.24. The Morgan fingerprint density at radius 1 is 1.15 bits per heavy atom. The van der Waals surface area contributed by atoms with Gasteiger partial charge in [0.25, 0.3) is 5.91 Å². The Kier molecular flexibility index (Phi) is 4.07. The average Bonchev–Trinajstić information content (AvgIpc) is 3.21. The van der Waals surface area contributed by atoms with Gasteiger partial charge in [0.05, 0.1) is 20.3 Å². The van der Waals surface area contributed by atoms with Crippen LogP contribution in [0.15, 0.2) is 40.8 Å². The maximum atomic E-state index is 12.8. The Morgan fingerprint density at radius 2 is 1.88 bits per heavy atom. The molecule has 1 atom stereocenters. The summed E-state index contributed by atoms with van der Waals surface area (Å²) in [4.78, 5) is 12.8. The fraction of sp³-hybridized carbons (Fsp3) is 0.286. The number of para-hydroxylation sites is 1. The van der Waals surface area contributed by atoms with E-state index in [9.17, 15) is 4.79 Å². The third kappa shape index (κ3) is 2.60. The molecule has 0 saturated carbocycles. The summed E-state index contributed by atoms with van der Waals surface area (Å²) in [6, 6.07) is 11.6. The van der Waals surface area contributed by atoms with Crippen molar-refractivity contribution >= 4 is 16.9 Å². The van der Waals surface area contributed by atoms with Crippen LogP contribution in [0.4, 0.5) is 0 Å². The first-order chi connectivity index (χ1) is 12.6. The Balaban J connectivity index is 1.63. The molecular weight excluding hydrogens is 330 g/mol. The number of fused-ring (bicyclic) bond motifs is 2. The molecule has 1 N–H and O–H groups in total. The van der Waals surface area contributed by atoms with Crippen molar-refractivity contribution in [2.24, 2.45) is 0 Å². The quantitative estimate of drug-likeness (QED) is 0.766. The average molecular weight is 351 g/mol. The number of hydrogen-bond donors (Lipinski definition) is 1. The number of aryl methyl sites for hydroxylation is 2. The molecule has 0 aliphatic heterocycles. The fourth-order valence-corrected chi connectivity index (χ4v) is 3.70. The molecule has 1 aliphatic rings. The van der Waals surface area contributed by atoms with Gasteiger partial charge in [-0.1, -0.05) is 18.2 Å². The molecule has 1 heterocycles. The van der Waals surface area contributed by atoms with E-state index in [0.29, 0.717) is 17.3 Å². The van der Waals surface area contributed by atoms with Crippen molar-refractivity contribution in [2.45, 2.75) is 25.8 Å². The number of carbonyl (C=O) groups excluding carboxylic acids is 1. The number of rotatable bonds is 4. The van der Waals surface area contributed by atoms with E-state index in [4.69, 9.17) is 13.9 Å². The van der Waals surface area contributed by atoms with Gasteiger partial charge in [0.15, 0.2) is 17.3 Å². The molecule has 0 unspecified atom stereocenters. The van der Waals surface area contributed by atoms with Crippen molar-refractivity contribution in [3.63, 3.8) is 0 Å². The monoisotopic (exact) mass is 351 g/mol. The third-order valence-electron chi connectivity index (χ3n) is 5.08. The molecular formula is C21H21NO4. The van der Waals surface area contributed by atoms with E-state index in [1.807, 2.05) is 43.3 Å². The number of methoxy groups -OCH3 is 2. The molecule has 0 bridgehead atoms. The zero-order valence-corrected chi connectivity index (χ0v) is 15.1. The first-order valence-corrected chi connectivity index (χ1v) is 8.66. The van der Waals surface area contributed by atoms with Gasteiger partial charge in [-0.05, 0) is 49.1 Å². The van der Waals surface area contributed by atoms with Crippen LogP contribution in [0.1, 0.15) is 39.7 Å². The molecule has 1 aliphatic carbocycles. The molecule has 2 aromatic carbocycles. The summed E-state index contributed by atoms with van der Waals surface area (Å²) in [6.07, 6.45) is 1.73. The highest BCUT2D eigenvalue weighted by molar-refractivity contribution is 5.99. The highest BCUT2D eigenvalue weighted by Crippen LogP contribution is 2.39. The first kappa shape index (κ1) is 16.5. The van der Waals surface area contributed by atoms with Gasteiger partial charge in [-0.25, -0.2) is 0 Å². The molecule has 5 nitrogen and oxygen atoms in total. The fourth-order valence-electron chi connectivity index (χ4n) is 3.70. The summed E-state index contributed by atoms with van der Waals surface area (Å²) >= 11 is 0. The Bertz CT molecular complexity index is 989. The van der Waals surface area contributed by atoms with Crippen LogP contribution in [0.25, 0.3) is 11.0 Å². The van der Waals surface area contributed by atoms with Crippen molar-refractivity contribution < 1.29 is 18.7 Å². The zero-order valence-electron chi connectivity index (χ0n) is 15.1. The van der Waals surface area contributed by atoms with E-state index in [-0.39, 0.29) is 11.9 Å². The molecule has 0 radical (unpaired) electrons. The maximum absolute atomic E-state index is 12.8. The van der Waals surface area contributed by atoms with Crippen LogP contribution in [0, 0.1) is 6.92 Å². The van der Waals surface area contributed by atoms with Gasteiger partial charge in [0, 0.05) is 10.9 Å². The topological polar surface area (TPSA) is 60.7 Å². The molecule has 1 amide bonds. The van der Waals surface area contributed by atoms with Crippen molar-refractivity contribution in [3.8, 4) is 11.5 Å². The van der Waals surface area contributed by atoms with Crippen LogP contribution in [0.3, 0.4) is 0 Å². The van der Waals surface area contributed by atoms with Crippen LogP contribution >= 0.6 is 0 Å². The second-order valence-electron chi connectivity index (χ2n) is 6.52. The number of benzene rings is 2. The summed E-state index contributed by atoms with van der Waals surface area (Å²) < 4.78 is 16.6. The van der Waals surface area contributed by atoms with Gasteiger partial charge in [0.2, 0.25) is 0 Å². The van der Waals surface area contributed by atoms with Crippen molar-refractivity contribution in [3.05, 3.63) is 58.8 Å². The minimum absolute atomic E-state index is 0.0649. The number of nitrogens with one attached hydrogen (secondary N) is 1. The van der Waals surface area contributed by atoms with E-state index in [2.05, 4.69) is 5.32 Å². The molecule has 134 valence electrons. The second-order valence-corrected chi connectivity index (χ2v) is 6.52. The van der Waals surface area contributed by atoms with Crippen LogP contribution in [0.2, 0.25) is 0 Å². The molecule has 5 heteroatoms. The van der Waals surface area contributed by atoms with Crippen molar-refractivity contribution in [1.29, 1.82) is 0 Å². The van der Waals surface area contributed by atoms with Gasteiger partial charge >= 0.3 is 0 Å². The number of amides is 1. The molecule has 3 aromatic rings. The zero-order chi connectivity index (χ0) is 18.3. The van der Waals surface area contributed by atoms with E-state index in [0.717, 1.165) is 34.9 Å². The van der Waals surface area contributed by atoms with Crippen LogP contribution in [-0.4, -0.2) is 20.1 Å². The molecule has 1 aromatic heterocycles. The Hall–Kier alpha value is -2.95. The molecule has 0 spiro atoms. The standard InChI is InChI=1S/C21H21NO4/c1-12-14-6-4-5-7-17(14)26-20(12)21(23)22-16-9-8-13-10-18(24-2)19(25-3)11-15(13)16/h4-7,10-11,16H,8-9H2,1-3H3,(H,22,23)/t16-/m0/s1. The summed E-state index contributed by atoms with van der Waals surface area (Å²) in [6.45, 7) is 1.91.